The lowest BCUT2D eigenvalue weighted by molar-refractivity contribution is -0.112. The summed E-state index contributed by atoms with van der Waals surface area (Å²) in [6.45, 7) is 1.31. The molecule has 0 aliphatic heterocycles. The van der Waals surface area contributed by atoms with Crippen LogP contribution in [0.4, 0.5) is 8.78 Å². The molecule has 0 aliphatic carbocycles. The van der Waals surface area contributed by atoms with E-state index in [9.17, 15) is 13.6 Å². The molecule has 0 spiro atoms. The van der Waals surface area contributed by atoms with Crippen LogP contribution < -0.4 is 0 Å². The first-order chi connectivity index (χ1) is 6.50. The van der Waals surface area contributed by atoms with Crippen LogP contribution in [-0.2, 0) is 4.79 Å². The summed E-state index contributed by atoms with van der Waals surface area (Å²) in [5.41, 5.74) is 0.0686. The Hall–Kier alpha value is -1.71. The van der Waals surface area contributed by atoms with Crippen molar-refractivity contribution in [1.82, 2.24) is 0 Å². The molecule has 2 nitrogen and oxygen atoms in total. The fourth-order valence-electron chi connectivity index (χ4n) is 0.892. The zero-order valence-electron chi connectivity index (χ0n) is 7.42. The van der Waals surface area contributed by atoms with Gasteiger partial charge >= 0.3 is 0 Å². The van der Waals surface area contributed by atoms with Crippen LogP contribution in [-0.4, -0.2) is 10.9 Å². The van der Waals surface area contributed by atoms with Gasteiger partial charge in [-0.05, 0) is 25.1 Å². The summed E-state index contributed by atoms with van der Waals surface area (Å²) in [5.74, 6) is -2.83. The number of phenols is 1. The number of rotatable bonds is 2. The molecule has 0 aromatic heterocycles. The van der Waals surface area contributed by atoms with E-state index in [4.69, 9.17) is 5.11 Å². The third-order valence-electron chi connectivity index (χ3n) is 1.57. The minimum Gasteiger partial charge on any atom is -0.507 e. The van der Waals surface area contributed by atoms with E-state index in [0.29, 0.717) is 6.07 Å². The molecule has 0 radical (unpaired) electrons. The van der Waals surface area contributed by atoms with E-state index >= 15 is 0 Å². The van der Waals surface area contributed by atoms with Crippen LogP contribution in [0.5, 0.6) is 5.75 Å². The summed E-state index contributed by atoms with van der Waals surface area (Å²) in [5, 5.41) is 9.16. The summed E-state index contributed by atoms with van der Waals surface area (Å²) in [6, 6.07) is 1.49. The Morgan fingerprint density at radius 2 is 1.93 bits per heavy atom. The van der Waals surface area contributed by atoms with Crippen molar-refractivity contribution in [3.8, 4) is 5.75 Å². The van der Waals surface area contributed by atoms with Gasteiger partial charge in [0.2, 0.25) is 0 Å². The van der Waals surface area contributed by atoms with E-state index in [1.807, 2.05) is 0 Å². The van der Waals surface area contributed by atoms with Crippen molar-refractivity contribution in [1.29, 1.82) is 0 Å². The number of aromatic hydroxyl groups is 1. The van der Waals surface area contributed by atoms with Gasteiger partial charge < -0.3 is 5.11 Å². The Morgan fingerprint density at radius 1 is 1.36 bits per heavy atom. The number of halogens is 2. The van der Waals surface area contributed by atoms with E-state index < -0.39 is 17.4 Å². The van der Waals surface area contributed by atoms with Gasteiger partial charge in [-0.3, -0.25) is 4.79 Å². The topological polar surface area (TPSA) is 37.3 Å². The van der Waals surface area contributed by atoms with Crippen LogP contribution in [0.25, 0.3) is 6.08 Å². The standard InChI is InChI=1S/C10H8F2O2/c1-6(13)2-3-7-4-8(11)9(12)5-10(7)14/h2-5,14H,1H3/b3-2+. The first kappa shape index (κ1) is 10.4. The molecule has 0 atom stereocenters. The second-order valence-corrected chi connectivity index (χ2v) is 2.77. The highest BCUT2D eigenvalue weighted by atomic mass is 19.2. The number of hydrogen-bond donors (Lipinski definition) is 1. The molecule has 1 aromatic carbocycles. The lowest BCUT2D eigenvalue weighted by Gasteiger charge is -1.99. The SMILES string of the molecule is CC(=O)/C=C/c1cc(F)c(F)cc1O. The molecule has 0 aliphatic rings. The molecule has 1 aromatic rings. The molecule has 0 fully saturated rings. The van der Waals surface area contributed by atoms with Gasteiger partial charge in [0.05, 0.1) is 0 Å². The van der Waals surface area contributed by atoms with Crippen molar-refractivity contribution in [2.45, 2.75) is 6.92 Å². The summed E-state index contributed by atoms with van der Waals surface area (Å²) in [4.78, 5) is 10.5. The number of carbonyl (C=O) groups is 1. The monoisotopic (exact) mass is 198 g/mol. The number of phenolic OH excluding ortho intramolecular Hbond substituents is 1. The van der Waals surface area contributed by atoms with Crippen molar-refractivity contribution in [2.75, 3.05) is 0 Å². The predicted octanol–water partition coefficient (Wildman–Crippen LogP) is 2.27. The number of ketones is 1. The quantitative estimate of drug-likeness (QED) is 0.740. The van der Waals surface area contributed by atoms with Crippen LogP contribution in [0, 0.1) is 11.6 Å². The number of benzene rings is 1. The molecule has 74 valence electrons. The molecule has 0 saturated carbocycles. The average molecular weight is 198 g/mol. The van der Waals surface area contributed by atoms with Gasteiger partial charge in [-0.1, -0.05) is 0 Å². The van der Waals surface area contributed by atoms with Gasteiger partial charge in [0.1, 0.15) is 5.75 Å². The highest BCUT2D eigenvalue weighted by Crippen LogP contribution is 2.21. The summed E-state index contributed by atoms with van der Waals surface area (Å²) >= 11 is 0. The largest absolute Gasteiger partial charge is 0.507 e. The maximum Gasteiger partial charge on any atom is 0.162 e. The molecule has 1 rings (SSSR count). The third-order valence-corrected chi connectivity index (χ3v) is 1.57. The average Bonchev–Trinajstić information content (AvgIpc) is 2.09. The summed E-state index contributed by atoms with van der Waals surface area (Å²) in [6.07, 6.45) is 2.38. The zero-order valence-corrected chi connectivity index (χ0v) is 7.42. The molecule has 0 unspecified atom stereocenters. The van der Waals surface area contributed by atoms with E-state index in [1.165, 1.54) is 13.0 Å². The van der Waals surface area contributed by atoms with Gasteiger partial charge in [-0.2, -0.15) is 0 Å². The number of allylic oxidation sites excluding steroid dienone is 1. The predicted molar refractivity (Wildman–Crippen MR) is 47.7 cm³/mol. The first-order valence-corrected chi connectivity index (χ1v) is 3.87. The Bertz CT molecular complexity index is 397. The van der Waals surface area contributed by atoms with Crippen LogP contribution in [0.15, 0.2) is 18.2 Å². The molecule has 0 saturated heterocycles. The summed E-state index contributed by atoms with van der Waals surface area (Å²) < 4.78 is 25.2. The highest BCUT2D eigenvalue weighted by molar-refractivity contribution is 5.91. The van der Waals surface area contributed by atoms with Gasteiger partial charge in [-0.15, -0.1) is 0 Å². The summed E-state index contributed by atoms with van der Waals surface area (Å²) in [7, 11) is 0. The smallest absolute Gasteiger partial charge is 0.162 e. The van der Waals surface area contributed by atoms with Crippen LogP contribution in [0.1, 0.15) is 12.5 Å². The van der Waals surface area contributed by atoms with Gasteiger partial charge in [-0.25, -0.2) is 8.78 Å². The minimum atomic E-state index is -1.12. The molecule has 4 heteroatoms. The van der Waals surface area contributed by atoms with E-state index in [1.54, 1.807) is 0 Å². The van der Waals surface area contributed by atoms with Crippen molar-refractivity contribution in [2.24, 2.45) is 0 Å². The molecule has 0 bridgehead atoms. The van der Waals surface area contributed by atoms with Crippen LogP contribution >= 0.6 is 0 Å². The van der Waals surface area contributed by atoms with Crippen molar-refractivity contribution in [3.05, 3.63) is 35.4 Å². The third kappa shape index (κ3) is 2.39. The molecular weight excluding hydrogens is 190 g/mol. The fourth-order valence-corrected chi connectivity index (χ4v) is 0.892. The number of carbonyl (C=O) groups excluding carboxylic acids is 1. The molecule has 0 heterocycles. The van der Waals surface area contributed by atoms with Gasteiger partial charge in [0, 0.05) is 11.6 Å². The maximum absolute atomic E-state index is 12.7. The van der Waals surface area contributed by atoms with E-state index in [0.717, 1.165) is 12.1 Å². The first-order valence-electron chi connectivity index (χ1n) is 3.87. The molecular formula is C10H8F2O2. The van der Waals surface area contributed by atoms with Gasteiger partial charge in [0.25, 0.3) is 0 Å². The Kier molecular flexibility index (Phi) is 2.96. The fraction of sp³-hybridized carbons (Fsp3) is 0.100. The van der Waals surface area contributed by atoms with Crippen molar-refractivity contribution < 1.29 is 18.7 Å². The Balaban J connectivity index is 3.10. The highest BCUT2D eigenvalue weighted by Gasteiger charge is 2.06. The van der Waals surface area contributed by atoms with Crippen LogP contribution in [0.2, 0.25) is 0 Å². The van der Waals surface area contributed by atoms with Crippen molar-refractivity contribution >= 4 is 11.9 Å². The number of hydrogen-bond acceptors (Lipinski definition) is 2. The zero-order chi connectivity index (χ0) is 10.7. The van der Waals surface area contributed by atoms with E-state index in [-0.39, 0.29) is 11.3 Å². The lowest BCUT2D eigenvalue weighted by Crippen LogP contribution is -1.87. The second kappa shape index (κ2) is 4.00. The van der Waals surface area contributed by atoms with Gasteiger partial charge in [0.15, 0.2) is 17.4 Å². The Morgan fingerprint density at radius 3 is 2.50 bits per heavy atom. The molecule has 14 heavy (non-hydrogen) atoms. The van der Waals surface area contributed by atoms with Crippen molar-refractivity contribution in [3.63, 3.8) is 0 Å². The Labute approximate surface area is 79.5 Å². The van der Waals surface area contributed by atoms with E-state index in [2.05, 4.69) is 0 Å². The van der Waals surface area contributed by atoms with Crippen LogP contribution in [0.3, 0.4) is 0 Å². The lowest BCUT2D eigenvalue weighted by atomic mass is 10.1. The minimum absolute atomic E-state index is 0.0686. The normalized spacial score (nSPS) is 10.8. The second-order valence-electron chi connectivity index (χ2n) is 2.77. The molecule has 1 N–H and O–H groups in total. The maximum atomic E-state index is 12.7. The molecule has 0 amide bonds.